The highest BCUT2D eigenvalue weighted by molar-refractivity contribution is 7.92. The third-order valence-corrected chi connectivity index (χ3v) is 5.95. The van der Waals surface area contributed by atoms with Gasteiger partial charge in [0.05, 0.1) is 17.7 Å². The molecule has 3 rings (SSSR count). The Balaban J connectivity index is 1.90. The average molecular weight is 459 g/mol. The summed E-state index contributed by atoms with van der Waals surface area (Å²) < 4.78 is 33.4. The number of halogens is 1. The standard InChI is InChI=1S/C22H19ClN2O5S/c1-14(26)15-5-4-8-18(12-15)25-31(28,29)19-9-10-21(30-2)20(13-19)24-22(27)16-6-3-7-17(23)11-16/h3-13,25H,1-2H3,(H,24,27). The number of rotatable bonds is 7. The predicted octanol–water partition coefficient (Wildman–Crippen LogP) is 4.60. The molecule has 0 aromatic heterocycles. The van der Waals surface area contributed by atoms with Gasteiger partial charge < -0.3 is 10.1 Å². The van der Waals surface area contributed by atoms with Crippen LogP contribution in [0.25, 0.3) is 0 Å². The van der Waals surface area contributed by atoms with Gasteiger partial charge in [-0.1, -0.05) is 29.8 Å². The third kappa shape index (κ3) is 5.42. The quantitative estimate of drug-likeness (QED) is 0.503. The summed E-state index contributed by atoms with van der Waals surface area (Å²) in [6.07, 6.45) is 0. The molecule has 7 nitrogen and oxygen atoms in total. The molecule has 0 atom stereocenters. The fraction of sp³-hybridized carbons (Fsp3) is 0.0909. The van der Waals surface area contributed by atoms with Gasteiger partial charge in [-0.15, -0.1) is 0 Å². The number of Topliss-reactive ketones (excluding diaryl/α,β-unsaturated/α-hetero) is 1. The molecule has 2 N–H and O–H groups in total. The fourth-order valence-electron chi connectivity index (χ4n) is 2.79. The first-order chi connectivity index (χ1) is 14.7. The maximum atomic E-state index is 12.9. The molecule has 3 aromatic rings. The van der Waals surface area contributed by atoms with Gasteiger partial charge in [-0.05, 0) is 55.5 Å². The van der Waals surface area contributed by atoms with E-state index >= 15 is 0 Å². The maximum Gasteiger partial charge on any atom is 0.261 e. The minimum absolute atomic E-state index is 0.0945. The van der Waals surface area contributed by atoms with E-state index in [-0.39, 0.29) is 27.8 Å². The number of amides is 1. The number of ether oxygens (including phenoxy) is 1. The van der Waals surface area contributed by atoms with Crippen molar-refractivity contribution >= 4 is 44.7 Å². The minimum atomic E-state index is -4.00. The first kappa shape index (κ1) is 22.3. The van der Waals surface area contributed by atoms with Crippen LogP contribution in [0.4, 0.5) is 11.4 Å². The van der Waals surface area contributed by atoms with Crippen molar-refractivity contribution in [2.45, 2.75) is 11.8 Å². The first-order valence-corrected chi connectivity index (χ1v) is 10.9. The van der Waals surface area contributed by atoms with Crippen LogP contribution in [0.2, 0.25) is 5.02 Å². The number of anilines is 2. The van der Waals surface area contributed by atoms with Crippen LogP contribution in [-0.4, -0.2) is 27.2 Å². The lowest BCUT2D eigenvalue weighted by atomic mass is 10.1. The molecule has 0 saturated carbocycles. The SMILES string of the molecule is COc1ccc(S(=O)(=O)Nc2cccc(C(C)=O)c2)cc1NC(=O)c1cccc(Cl)c1. The molecule has 0 aliphatic carbocycles. The van der Waals surface area contributed by atoms with Crippen molar-refractivity contribution in [3.8, 4) is 5.75 Å². The van der Waals surface area contributed by atoms with Crippen molar-refractivity contribution in [1.82, 2.24) is 0 Å². The second kappa shape index (κ2) is 9.20. The monoisotopic (exact) mass is 458 g/mol. The summed E-state index contributed by atoms with van der Waals surface area (Å²) in [6.45, 7) is 1.39. The number of carbonyl (C=O) groups is 2. The topological polar surface area (TPSA) is 102 Å². The lowest BCUT2D eigenvalue weighted by molar-refractivity contribution is 0.101. The van der Waals surface area contributed by atoms with Crippen molar-refractivity contribution in [3.63, 3.8) is 0 Å². The smallest absolute Gasteiger partial charge is 0.261 e. The van der Waals surface area contributed by atoms with Crippen molar-refractivity contribution in [2.24, 2.45) is 0 Å². The van der Waals surface area contributed by atoms with Gasteiger partial charge in [0.2, 0.25) is 0 Å². The highest BCUT2D eigenvalue weighted by atomic mass is 35.5. The lowest BCUT2D eigenvalue weighted by Gasteiger charge is -2.14. The molecule has 0 heterocycles. The Morgan fingerprint density at radius 2 is 1.65 bits per heavy atom. The van der Waals surface area contributed by atoms with Gasteiger partial charge >= 0.3 is 0 Å². The molecule has 0 radical (unpaired) electrons. The molecule has 0 bridgehead atoms. The van der Waals surface area contributed by atoms with E-state index in [1.54, 1.807) is 30.3 Å². The molecule has 3 aromatic carbocycles. The number of nitrogens with one attached hydrogen (secondary N) is 2. The van der Waals surface area contributed by atoms with Crippen LogP contribution in [0.3, 0.4) is 0 Å². The second-order valence-corrected chi connectivity index (χ2v) is 8.69. The van der Waals surface area contributed by atoms with Gasteiger partial charge in [-0.25, -0.2) is 8.42 Å². The van der Waals surface area contributed by atoms with E-state index in [9.17, 15) is 18.0 Å². The Morgan fingerprint density at radius 1 is 0.935 bits per heavy atom. The minimum Gasteiger partial charge on any atom is -0.495 e. The van der Waals surface area contributed by atoms with Crippen molar-refractivity contribution in [1.29, 1.82) is 0 Å². The number of carbonyl (C=O) groups excluding carboxylic acids is 2. The summed E-state index contributed by atoms with van der Waals surface area (Å²) in [5, 5.41) is 3.04. The second-order valence-electron chi connectivity index (χ2n) is 6.57. The van der Waals surface area contributed by atoms with E-state index in [0.29, 0.717) is 16.1 Å². The van der Waals surface area contributed by atoms with Gasteiger partial charge in [0.15, 0.2) is 5.78 Å². The Kier molecular flexibility index (Phi) is 6.62. The molecule has 0 unspecified atom stereocenters. The van der Waals surface area contributed by atoms with Crippen LogP contribution in [0.1, 0.15) is 27.6 Å². The summed E-state index contributed by atoms with van der Waals surface area (Å²) in [5.41, 5.74) is 1.10. The van der Waals surface area contributed by atoms with E-state index in [0.717, 1.165) is 0 Å². The van der Waals surface area contributed by atoms with Gasteiger partial charge in [-0.3, -0.25) is 14.3 Å². The van der Waals surface area contributed by atoms with Crippen LogP contribution in [-0.2, 0) is 10.0 Å². The van der Waals surface area contributed by atoms with E-state index in [1.165, 1.54) is 50.4 Å². The zero-order valence-electron chi connectivity index (χ0n) is 16.7. The van der Waals surface area contributed by atoms with Gasteiger partial charge in [-0.2, -0.15) is 0 Å². The van der Waals surface area contributed by atoms with Crippen LogP contribution < -0.4 is 14.8 Å². The zero-order valence-corrected chi connectivity index (χ0v) is 18.3. The summed E-state index contributed by atoms with van der Waals surface area (Å²) in [6, 6.07) is 16.6. The van der Waals surface area contributed by atoms with E-state index in [1.807, 2.05) is 0 Å². The van der Waals surface area contributed by atoms with Gasteiger partial charge in [0, 0.05) is 21.8 Å². The summed E-state index contributed by atoms with van der Waals surface area (Å²) in [5.74, 6) is -0.373. The first-order valence-electron chi connectivity index (χ1n) is 9.08. The fourth-order valence-corrected chi connectivity index (χ4v) is 4.06. The largest absolute Gasteiger partial charge is 0.495 e. The Morgan fingerprint density at radius 3 is 2.32 bits per heavy atom. The molecule has 31 heavy (non-hydrogen) atoms. The van der Waals surface area contributed by atoms with Gasteiger partial charge in [0.1, 0.15) is 5.75 Å². The number of sulfonamides is 1. The number of methoxy groups -OCH3 is 1. The highest BCUT2D eigenvalue weighted by Gasteiger charge is 2.19. The average Bonchev–Trinajstić information content (AvgIpc) is 2.73. The van der Waals surface area contributed by atoms with Crippen LogP contribution in [0, 0.1) is 0 Å². The number of ketones is 1. The van der Waals surface area contributed by atoms with E-state index in [2.05, 4.69) is 10.0 Å². The lowest BCUT2D eigenvalue weighted by Crippen LogP contribution is -2.16. The molecule has 1 amide bonds. The number of benzene rings is 3. The van der Waals surface area contributed by atoms with Crippen LogP contribution in [0.15, 0.2) is 71.6 Å². The molecule has 0 aliphatic rings. The highest BCUT2D eigenvalue weighted by Crippen LogP contribution is 2.29. The summed E-state index contributed by atoms with van der Waals surface area (Å²) in [7, 11) is -2.59. The van der Waals surface area contributed by atoms with Crippen molar-refractivity contribution in [2.75, 3.05) is 17.1 Å². The number of hydrogen-bond acceptors (Lipinski definition) is 5. The van der Waals surface area contributed by atoms with E-state index < -0.39 is 15.9 Å². The maximum absolute atomic E-state index is 12.9. The molecule has 0 aliphatic heterocycles. The molecular weight excluding hydrogens is 440 g/mol. The zero-order chi connectivity index (χ0) is 22.6. The van der Waals surface area contributed by atoms with Crippen molar-refractivity contribution in [3.05, 3.63) is 82.9 Å². The molecular formula is C22H19ClN2O5S. The molecule has 0 saturated heterocycles. The van der Waals surface area contributed by atoms with Crippen LogP contribution >= 0.6 is 11.6 Å². The molecule has 160 valence electrons. The number of hydrogen-bond donors (Lipinski definition) is 2. The molecule has 0 fully saturated rings. The van der Waals surface area contributed by atoms with Crippen molar-refractivity contribution < 1.29 is 22.7 Å². The Hall–Kier alpha value is -3.36. The van der Waals surface area contributed by atoms with Gasteiger partial charge in [0.25, 0.3) is 15.9 Å². The van der Waals surface area contributed by atoms with Crippen LogP contribution in [0.5, 0.6) is 5.75 Å². The Bertz CT molecular complexity index is 1260. The summed E-state index contributed by atoms with van der Waals surface area (Å²) in [4.78, 5) is 24.0. The molecule has 0 spiro atoms. The third-order valence-electron chi connectivity index (χ3n) is 4.34. The molecule has 9 heteroatoms. The normalized spacial score (nSPS) is 10.9. The van der Waals surface area contributed by atoms with E-state index in [4.69, 9.17) is 16.3 Å². The Labute approximate surface area is 185 Å². The predicted molar refractivity (Wildman–Crippen MR) is 120 cm³/mol. The summed E-state index contributed by atoms with van der Waals surface area (Å²) >= 11 is 5.93.